The minimum Gasteiger partial charge on any atom is -0.448 e. The monoisotopic (exact) mass is 328 g/mol. The number of esters is 1. The van der Waals surface area contributed by atoms with Gasteiger partial charge in [-0.25, -0.2) is 4.79 Å². The van der Waals surface area contributed by atoms with Crippen molar-refractivity contribution in [1.82, 2.24) is 15.5 Å². The molecule has 1 heterocycles. The lowest BCUT2D eigenvalue weighted by molar-refractivity contribution is -0.130. The summed E-state index contributed by atoms with van der Waals surface area (Å²) in [5.41, 5.74) is -0.202. The highest BCUT2D eigenvalue weighted by atomic mass is 16.5. The second kappa shape index (κ2) is 6.71. The second-order valence-electron chi connectivity index (χ2n) is 6.12. The van der Waals surface area contributed by atoms with Crippen LogP contribution in [0.4, 0.5) is 0 Å². The molecule has 0 fully saturated rings. The van der Waals surface area contributed by atoms with E-state index in [4.69, 9.17) is 4.74 Å². The van der Waals surface area contributed by atoms with Crippen LogP contribution in [0.1, 0.15) is 38.2 Å². The standard InChI is InChI=1S/C17H20N4O3/c1-10(2)17(4,9-18)19-15(22)11(3)24-16(23)14-12-7-5-6-8-13(12)20-21-14/h5-8,10-11H,1-4H3,(H,19,22)(H,20,21)/t11-,17-/m1/s1. The summed E-state index contributed by atoms with van der Waals surface area (Å²) in [6, 6.07) is 9.21. The number of para-hydroxylation sites is 1. The van der Waals surface area contributed by atoms with Crippen LogP contribution in [0, 0.1) is 17.2 Å². The maximum atomic E-state index is 12.3. The molecule has 2 rings (SSSR count). The zero-order valence-electron chi connectivity index (χ0n) is 14.1. The maximum absolute atomic E-state index is 12.3. The van der Waals surface area contributed by atoms with E-state index >= 15 is 0 Å². The van der Waals surface area contributed by atoms with Gasteiger partial charge in [0.05, 0.1) is 11.6 Å². The van der Waals surface area contributed by atoms with Gasteiger partial charge in [0, 0.05) is 5.39 Å². The number of rotatable bonds is 5. The first-order valence-corrected chi connectivity index (χ1v) is 7.66. The number of ether oxygens (including phenoxy) is 1. The number of amides is 1. The van der Waals surface area contributed by atoms with Gasteiger partial charge in [0.1, 0.15) is 5.54 Å². The lowest BCUT2D eigenvalue weighted by atomic mass is 9.90. The summed E-state index contributed by atoms with van der Waals surface area (Å²) in [5, 5.41) is 19.2. The number of carbonyl (C=O) groups is 2. The molecule has 2 atom stereocenters. The SMILES string of the molecule is CC(C)[C@@](C)(C#N)NC(=O)[C@@H](C)OC(=O)c1n[nH]c2ccccc12. The number of carbonyl (C=O) groups excluding carboxylic acids is 2. The Morgan fingerprint density at radius 3 is 2.62 bits per heavy atom. The zero-order valence-corrected chi connectivity index (χ0v) is 14.1. The van der Waals surface area contributed by atoms with Gasteiger partial charge in [-0.2, -0.15) is 10.4 Å². The molecule has 0 unspecified atom stereocenters. The predicted molar refractivity (Wildman–Crippen MR) is 88.0 cm³/mol. The van der Waals surface area contributed by atoms with Gasteiger partial charge in [0.15, 0.2) is 11.8 Å². The molecule has 1 aromatic carbocycles. The average molecular weight is 328 g/mol. The first-order valence-electron chi connectivity index (χ1n) is 7.66. The van der Waals surface area contributed by atoms with Crippen LogP contribution in [0.15, 0.2) is 24.3 Å². The third kappa shape index (κ3) is 3.38. The molecule has 0 bridgehead atoms. The Morgan fingerprint density at radius 2 is 2.00 bits per heavy atom. The third-order valence-corrected chi connectivity index (χ3v) is 4.09. The van der Waals surface area contributed by atoms with Gasteiger partial charge in [-0.1, -0.05) is 32.0 Å². The van der Waals surface area contributed by atoms with Crippen LogP contribution in [0.5, 0.6) is 0 Å². The van der Waals surface area contributed by atoms with Gasteiger partial charge in [-0.3, -0.25) is 9.89 Å². The summed E-state index contributed by atoms with van der Waals surface area (Å²) in [6.45, 7) is 6.75. The number of nitriles is 1. The van der Waals surface area contributed by atoms with E-state index in [9.17, 15) is 14.9 Å². The molecule has 0 spiro atoms. The number of fused-ring (bicyclic) bond motifs is 1. The smallest absolute Gasteiger partial charge is 0.360 e. The summed E-state index contributed by atoms with van der Waals surface area (Å²) < 4.78 is 5.19. The molecule has 0 saturated heterocycles. The summed E-state index contributed by atoms with van der Waals surface area (Å²) in [5.74, 6) is -1.32. The number of benzene rings is 1. The average Bonchev–Trinajstić information content (AvgIpc) is 2.98. The molecule has 24 heavy (non-hydrogen) atoms. The Hall–Kier alpha value is -2.88. The molecule has 2 N–H and O–H groups in total. The Bertz CT molecular complexity index is 806. The number of aromatic amines is 1. The fourth-order valence-corrected chi connectivity index (χ4v) is 2.05. The number of hydrogen-bond donors (Lipinski definition) is 2. The Balaban J connectivity index is 2.09. The van der Waals surface area contributed by atoms with E-state index in [1.807, 2.05) is 19.9 Å². The summed E-state index contributed by atoms with van der Waals surface area (Å²) in [7, 11) is 0. The van der Waals surface area contributed by atoms with Crippen LogP contribution >= 0.6 is 0 Å². The molecule has 0 aliphatic rings. The third-order valence-electron chi connectivity index (χ3n) is 4.09. The molecule has 0 radical (unpaired) electrons. The van der Waals surface area contributed by atoms with Crippen molar-refractivity contribution in [2.45, 2.75) is 39.3 Å². The predicted octanol–water partition coefficient (Wildman–Crippen LogP) is 2.16. The normalized spacial score (nSPS) is 14.7. The minimum atomic E-state index is -1.04. The van der Waals surface area contributed by atoms with Crippen molar-refractivity contribution in [3.8, 4) is 6.07 Å². The topological polar surface area (TPSA) is 108 Å². The molecule has 1 aromatic heterocycles. The van der Waals surface area contributed by atoms with Gasteiger partial charge >= 0.3 is 5.97 Å². The van der Waals surface area contributed by atoms with Crippen LogP contribution in [-0.2, 0) is 9.53 Å². The number of aromatic nitrogens is 2. The van der Waals surface area contributed by atoms with E-state index in [1.165, 1.54) is 6.92 Å². The van der Waals surface area contributed by atoms with E-state index < -0.39 is 23.5 Å². The summed E-state index contributed by atoms with van der Waals surface area (Å²) in [4.78, 5) is 24.5. The number of hydrogen-bond acceptors (Lipinski definition) is 5. The molecule has 2 aromatic rings. The van der Waals surface area contributed by atoms with Crippen molar-refractivity contribution < 1.29 is 14.3 Å². The lowest BCUT2D eigenvalue weighted by Crippen LogP contribution is -2.52. The van der Waals surface area contributed by atoms with Crippen molar-refractivity contribution in [1.29, 1.82) is 5.26 Å². The van der Waals surface area contributed by atoms with E-state index in [2.05, 4.69) is 21.6 Å². The Morgan fingerprint density at radius 1 is 1.33 bits per heavy atom. The van der Waals surface area contributed by atoms with Crippen LogP contribution in [0.3, 0.4) is 0 Å². The van der Waals surface area contributed by atoms with E-state index in [1.54, 1.807) is 25.1 Å². The minimum absolute atomic E-state index is 0.0929. The molecule has 1 amide bonds. The number of nitrogens with zero attached hydrogens (tertiary/aromatic N) is 2. The van der Waals surface area contributed by atoms with Gasteiger partial charge in [0.25, 0.3) is 5.91 Å². The molecule has 0 aliphatic heterocycles. The number of nitrogens with one attached hydrogen (secondary N) is 2. The first-order chi connectivity index (χ1) is 11.3. The van der Waals surface area contributed by atoms with Crippen molar-refractivity contribution in [3.63, 3.8) is 0 Å². The first kappa shape index (κ1) is 17.5. The number of H-pyrrole nitrogens is 1. The lowest BCUT2D eigenvalue weighted by Gasteiger charge is -2.28. The largest absolute Gasteiger partial charge is 0.448 e. The summed E-state index contributed by atoms with van der Waals surface area (Å²) in [6.07, 6.45) is -1.04. The van der Waals surface area contributed by atoms with Crippen molar-refractivity contribution in [3.05, 3.63) is 30.0 Å². The van der Waals surface area contributed by atoms with Crippen LogP contribution in [0.25, 0.3) is 10.9 Å². The van der Waals surface area contributed by atoms with E-state index in [0.717, 1.165) is 0 Å². The highest BCUT2D eigenvalue weighted by Gasteiger charge is 2.33. The molecule has 126 valence electrons. The molecular weight excluding hydrogens is 308 g/mol. The van der Waals surface area contributed by atoms with E-state index in [-0.39, 0.29) is 11.6 Å². The zero-order chi connectivity index (χ0) is 17.9. The molecular formula is C17H20N4O3. The quantitative estimate of drug-likeness (QED) is 0.818. The molecule has 7 nitrogen and oxygen atoms in total. The van der Waals surface area contributed by atoms with Gasteiger partial charge in [0.2, 0.25) is 0 Å². The highest BCUT2D eigenvalue weighted by Crippen LogP contribution is 2.18. The maximum Gasteiger partial charge on any atom is 0.360 e. The summed E-state index contributed by atoms with van der Waals surface area (Å²) >= 11 is 0. The van der Waals surface area contributed by atoms with E-state index in [0.29, 0.717) is 10.9 Å². The fraction of sp³-hybridized carbons (Fsp3) is 0.412. The highest BCUT2D eigenvalue weighted by molar-refractivity contribution is 6.02. The van der Waals surface area contributed by atoms with Crippen molar-refractivity contribution >= 4 is 22.8 Å². The molecule has 7 heteroatoms. The van der Waals surface area contributed by atoms with Crippen molar-refractivity contribution in [2.75, 3.05) is 0 Å². The van der Waals surface area contributed by atoms with Crippen LogP contribution in [0.2, 0.25) is 0 Å². The Labute approximate surface area is 140 Å². The fourth-order valence-electron chi connectivity index (χ4n) is 2.05. The Kier molecular flexibility index (Phi) is 4.88. The van der Waals surface area contributed by atoms with Gasteiger partial charge in [-0.15, -0.1) is 0 Å². The second-order valence-corrected chi connectivity index (χ2v) is 6.12. The molecule has 0 saturated carbocycles. The van der Waals surface area contributed by atoms with Gasteiger partial charge in [-0.05, 0) is 25.8 Å². The molecule has 0 aliphatic carbocycles. The van der Waals surface area contributed by atoms with Crippen LogP contribution < -0.4 is 5.32 Å². The van der Waals surface area contributed by atoms with Crippen molar-refractivity contribution in [2.24, 2.45) is 5.92 Å². The van der Waals surface area contributed by atoms with Gasteiger partial charge < -0.3 is 10.1 Å². The van der Waals surface area contributed by atoms with Crippen LogP contribution in [-0.4, -0.2) is 33.7 Å².